The van der Waals surface area contributed by atoms with Crippen molar-refractivity contribution in [1.82, 2.24) is 14.9 Å². The van der Waals surface area contributed by atoms with Gasteiger partial charge in [0.1, 0.15) is 12.1 Å². The lowest BCUT2D eigenvalue weighted by molar-refractivity contribution is -0.385. The Labute approximate surface area is 210 Å². The van der Waals surface area contributed by atoms with E-state index in [0.29, 0.717) is 18.8 Å². The Morgan fingerprint density at radius 3 is 1.97 bits per heavy atom. The average molecular weight is 482 g/mol. The summed E-state index contributed by atoms with van der Waals surface area (Å²) >= 11 is 0. The predicted molar refractivity (Wildman–Crippen MR) is 138 cm³/mol. The molecule has 2 heterocycles. The Kier molecular flexibility index (Phi) is 6.86. The van der Waals surface area contributed by atoms with Gasteiger partial charge in [-0.25, -0.2) is 4.98 Å². The monoisotopic (exact) mass is 481 g/mol. The maximum atomic E-state index is 12.1. The Balaban J connectivity index is 1.38. The molecule has 0 spiro atoms. The number of nitro groups is 1. The molecule has 0 atom stereocenters. The molecule has 8 nitrogen and oxygen atoms in total. The van der Waals surface area contributed by atoms with Gasteiger partial charge in [0, 0.05) is 26.2 Å². The number of aromatic nitrogens is 2. The summed E-state index contributed by atoms with van der Waals surface area (Å²) in [5.74, 6) is 0.724. The maximum Gasteiger partial charge on any atom is 0.373 e. The summed E-state index contributed by atoms with van der Waals surface area (Å²) in [6.45, 7) is 4.61. The molecule has 8 heteroatoms. The molecule has 1 aliphatic rings. The van der Waals surface area contributed by atoms with Crippen molar-refractivity contribution >= 4 is 11.5 Å². The minimum Gasteiger partial charge on any atom is -0.434 e. The minimum absolute atomic E-state index is 0.0530. The second-order valence-electron chi connectivity index (χ2n) is 8.77. The van der Waals surface area contributed by atoms with Crippen molar-refractivity contribution in [2.45, 2.75) is 13.0 Å². The zero-order valence-electron chi connectivity index (χ0n) is 20.0. The molecule has 5 rings (SSSR count). The van der Waals surface area contributed by atoms with Gasteiger partial charge in [0.25, 0.3) is 0 Å². The van der Waals surface area contributed by atoms with Crippen LogP contribution in [-0.2, 0) is 0 Å². The number of aryl methyl sites for hydroxylation is 1. The van der Waals surface area contributed by atoms with E-state index in [1.165, 1.54) is 17.5 Å². The van der Waals surface area contributed by atoms with Crippen molar-refractivity contribution in [2.75, 3.05) is 31.1 Å². The van der Waals surface area contributed by atoms with Gasteiger partial charge in [0.15, 0.2) is 0 Å². The van der Waals surface area contributed by atoms with Gasteiger partial charge in [-0.15, -0.1) is 0 Å². The van der Waals surface area contributed by atoms with Crippen molar-refractivity contribution in [2.24, 2.45) is 0 Å². The summed E-state index contributed by atoms with van der Waals surface area (Å²) in [6.07, 6.45) is 1.33. The molecule has 36 heavy (non-hydrogen) atoms. The van der Waals surface area contributed by atoms with E-state index in [0.717, 1.165) is 18.7 Å². The number of nitrogens with zero attached hydrogens (tertiary/aromatic N) is 5. The van der Waals surface area contributed by atoms with Crippen molar-refractivity contribution in [3.8, 4) is 11.6 Å². The van der Waals surface area contributed by atoms with E-state index in [1.54, 1.807) is 12.1 Å². The molecule has 1 aliphatic heterocycles. The number of anilines is 1. The van der Waals surface area contributed by atoms with E-state index >= 15 is 0 Å². The van der Waals surface area contributed by atoms with E-state index < -0.39 is 4.92 Å². The summed E-state index contributed by atoms with van der Waals surface area (Å²) in [4.78, 5) is 24.4. The number of rotatable bonds is 7. The molecular weight excluding hydrogens is 454 g/mol. The Morgan fingerprint density at radius 1 is 0.833 bits per heavy atom. The lowest BCUT2D eigenvalue weighted by Gasteiger charge is -2.40. The van der Waals surface area contributed by atoms with Crippen molar-refractivity contribution < 1.29 is 9.66 Å². The van der Waals surface area contributed by atoms with E-state index in [9.17, 15) is 10.1 Å². The van der Waals surface area contributed by atoms with Gasteiger partial charge in [0.05, 0.1) is 11.0 Å². The van der Waals surface area contributed by atoms with E-state index in [-0.39, 0.29) is 23.4 Å². The minimum atomic E-state index is -0.456. The molecule has 1 aromatic heterocycles. The molecule has 0 N–H and O–H groups in total. The highest BCUT2D eigenvalue weighted by Crippen LogP contribution is 2.37. The fourth-order valence-electron chi connectivity index (χ4n) is 4.61. The van der Waals surface area contributed by atoms with Crippen LogP contribution in [0.1, 0.15) is 22.7 Å². The highest BCUT2D eigenvalue weighted by Gasteiger charge is 2.32. The first-order valence-electron chi connectivity index (χ1n) is 11.9. The van der Waals surface area contributed by atoms with Crippen molar-refractivity contribution in [3.63, 3.8) is 0 Å². The molecule has 1 fully saturated rings. The summed E-state index contributed by atoms with van der Waals surface area (Å²) < 4.78 is 5.80. The number of hydrogen-bond donors (Lipinski definition) is 0. The van der Waals surface area contributed by atoms with Crippen LogP contribution in [0.3, 0.4) is 0 Å². The number of benzene rings is 3. The second kappa shape index (κ2) is 10.5. The first-order chi connectivity index (χ1) is 17.6. The fourth-order valence-corrected chi connectivity index (χ4v) is 4.61. The highest BCUT2D eigenvalue weighted by molar-refractivity contribution is 5.63. The number of ether oxygens (including phenoxy) is 1. The normalized spacial score (nSPS) is 14.1. The molecule has 182 valence electrons. The molecule has 4 aromatic rings. The topological polar surface area (TPSA) is 84.6 Å². The lowest BCUT2D eigenvalue weighted by Crippen LogP contribution is -2.48. The van der Waals surface area contributed by atoms with E-state index in [4.69, 9.17) is 4.74 Å². The summed E-state index contributed by atoms with van der Waals surface area (Å²) in [6, 6.07) is 28.3. The van der Waals surface area contributed by atoms with Crippen LogP contribution < -0.4 is 9.64 Å². The third kappa shape index (κ3) is 5.04. The van der Waals surface area contributed by atoms with Crippen LogP contribution in [0.4, 0.5) is 11.5 Å². The summed E-state index contributed by atoms with van der Waals surface area (Å²) in [5.41, 5.74) is 3.30. The van der Waals surface area contributed by atoms with E-state index in [2.05, 4.69) is 63.4 Å². The lowest BCUT2D eigenvalue weighted by atomic mass is 9.96. The Hall–Kier alpha value is -4.30. The largest absolute Gasteiger partial charge is 0.434 e. The van der Waals surface area contributed by atoms with Crippen LogP contribution in [0.25, 0.3) is 0 Å². The second-order valence-corrected chi connectivity index (χ2v) is 8.77. The average Bonchev–Trinajstić information content (AvgIpc) is 2.91. The Morgan fingerprint density at radius 2 is 1.42 bits per heavy atom. The van der Waals surface area contributed by atoms with Gasteiger partial charge < -0.3 is 9.64 Å². The SMILES string of the molecule is Cc1ccc(Oc2ncnc(N3CCN(C(c4ccccc4)c4ccccc4)CC3)c2[N+](=O)[O-])cc1. The molecule has 3 aromatic carbocycles. The molecule has 0 amide bonds. The van der Waals surface area contributed by atoms with Crippen LogP contribution in [0.2, 0.25) is 0 Å². The van der Waals surface area contributed by atoms with Crippen LogP contribution in [-0.4, -0.2) is 46.0 Å². The molecule has 0 bridgehead atoms. The smallest absolute Gasteiger partial charge is 0.373 e. The fraction of sp³-hybridized carbons (Fsp3) is 0.214. The maximum absolute atomic E-state index is 12.1. The van der Waals surface area contributed by atoms with Crippen LogP contribution in [0, 0.1) is 17.0 Å². The molecule has 0 aliphatic carbocycles. The zero-order chi connectivity index (χ0) is 24.9. The van der Waals surface area contributed by atoms with Gasteiger partial charge in [-0.3, -0.25) is 15.0 Å². The first kappa shape index (κ1) is 23.4. The Bertz CT molecular complexity index is 1270. The van der Waals surface area contributed by atoms with Gasteiger partial charge >= 0.3 is 11.6 Å². The van der Waals surface area contributed by atoms with Crippen molar-refractivity contribution in [1.29, 1.82) is 0 Å². The van der Waals surface area contributed by atoms with Crippen molar-refractivity contribution in [3.05, 3.63) is 118 Å². The van der Waals surface area contributed by atoms with Gasteiger partial charge in [-0.05, 0) is 30.2 Å². The molecule has 0 radical (unpaired) electrons. The zero-order valence-corrected chi connectivity index (χ0v) is 20.0. The summed E-state index contributed by atoms with van der Waals surface area (Å²) in [5, 5.41) is 12.1. The number of piperazine rings is 1. The van der Waals surface area contributed by atoms with Gasteiger partial charge in [-0.1, -0.05) is 78.4 Å². The van der Waals surface area contributed by atoms with E-state index in [1.807, 2.05) is 36.1 Å². The standard InChI is InChI=1S/C28H27N5O3/c1-21-12-14-24(15-13-21)36-28-26(33(34)35)27(29-20-30-28)32-18-16-31(17-19-32)25(22-8-4-2-5-9-22)23-10-6-3-7-11-23/h2-15,20,25H,16-19H2,1H3. The summed E-state index contributed by atoms with van der Waals surface area (Å²) in [7, 11) is 0. The highest BCUT2D eigenvalue weighted by atomic mass is 16.6. The van der Waals surface area contributed by atoms with Crippen LogP contribution in [0.5, 0.6) is 11.6 Å². The number of hydrogen-bond acceptors (Lipinski definition) is 7. The molecule has 1 saturated heterocycles. The predicted octanol–water partition coefficient (Wildman–Crippen LogP) is 5.40. The first-order valence-corrected chi connectivity index (χ1v) is 11.9. The van der Waals surface area contributed by atoms with Crippen LogP contribution in [0.15, 0.2) is 91.3 Å². The molecular formula is C28H27N5O3. The van der Waals surface area contributed by atoms with Gasteiger partial charge in [0.2, 0.25) is 5.82 Å². The quantitative estimate of drug-likeness (QED) is 0.258. The van der Waals surface area contributed by atoms with Gasteiger partial charge in [-0.2, -0.15) is 4.98 Å². The third-order valence-electron chi connectivity index (χ3n) is 6.40. The molecule has 0 saturated carbocycles. The third-order valence-corrected chi connectivity index (χ3v) is 6.40. The van der Waals surface area contributed by atoms with Crippen LogP contribution >= 0.6 is 0 Å². The molecule has 0 unspecified atom stereocenters.